The Bertz CT molecular complexity index is 1520. The standard InChI is InChI=1S/C23H27N9O6S/c1-13-10-24-19(25-11-13)18(36-4)14(2)39(33,34)31-23-30-29-20(15-8-7-9-16(28-15)35-3)32(23)17-21(37-5)26-12-27-22(17)38-6/h7-12,14,18H,1-6H3,(H,30,31). The van der Waals surface area contributed by atoms with Crippen LogP contribution in [0.15, 0.2) is 36.9 Å². The van der Waals surface area contributed by atoms with Gasteiger partial charge in [-0.25, -0.2) is 27.9 Å². The van der Waals surface area contributed by atoms with Crippen LogP contribution in [0.25, 0.3) is 17.2 Å². The number of nitrogens with one attached hydrogen (secondary N) is 1. The second-order valence-electron chi connectivity index (χ2n) is 8.12. The molecule has 206 valence electrons. The van der Waals surface area contributed by atoms with Crippen molar-refractivity contribution in [3.8, 4) is 34.8 Å². The highest BCUT2D eigenvalue weighted by atomic mass is 32.2. The number of hydrogen-bond acceptors (Lipinski definition) is 13. The maximum absolute atomic E-state index is 13.6. The number of methoxy groups -OCH3 is 4. The van der Waals surface area contributed by atoms with Gasteiger partial charge in [0.05, 0.1) is 21.3 Å². The van der Waals surface area contributed by atoms with Crippen LogP contribution in [0.5, 0.6) is 17.6 Å². The molecular formula is C23H27N9O6S. The Kier molecular flexibility index (Phi) is 8.15. The molecule has 0 spiro atoms. The first-order valence-corrected chi connectivity index (χ1v) is 13.0. The first-order valence-electron chi connectivity index (χ1n) is 11.5. The monoisotopic (exact) mass is 557 g/mol. The van der Waals surface area contributed by atoms with Gasteiger partial charge in [-0.3, -0.25) is 4.72 Å². The molecule has 4 aromatic rings. The largest absolute Gasteiger partial charge is 0.481 e. The molecule has 15 nitrogen and oxygen atoms in total. The van der Waals surface area contributed by atoms with Gasteiger partial charge in [0, 0.05) is 25.6 Å². The van der Waals surface area contributed by atoms with E-state index < -0.39 is 21.4 Å². The molecule has 0 amide bonds. The maximum atomic E-state index is 13.6. The second kappa shape index (κ2) is 11.5. The molecule has 0 saturated heterocycles. The van der Waals surface area contributed by atoms with Crippen LogP contribution in [0, 0.1) is 6.92 Å². The minimum atomic E-state index is -4.18. The van der Waals surface area contributed by atoms with Crippen LogP contribution in [0.3, 0.4) is 0 Å². The summed E-state index contributed by atoms with van der Waals surface area (Å²) in [7, 11) is 1.47. The molecule has 39 heavy (non-hydrogen) atoms. The molecule has 1 N–H and O–H groups in total. The lowest BCUT2D eigenvalue weighted by Gasteiger charge is -2.22. The first kappa shape index (κ1) is 27.6. The Morgan fingerprint density at radius 2 is 1.59 bits per heavy atom. The van der Waals surface area contributed by atoms with Crippen LogP contribution >= 0.6 is 0 Å². The third-order valence-electron chi connectivity index (χ3n) is 5.65. The Hall–Kier alpha value is -4.44. The molecule has 0 aliphatic carbocycles. The van der Waals surface area contributed by atoms with E-state index in [-0.39, 0.29) is 35.0 Å². The summed E-state index contributed by atoms with van der Waals surface area (Å²) in [5.41, 5.74) is 1.28. The highest BCUT2D eigenvalue weighted by Gasteiger charge is 2.35. The van der Waals surface area contributed by atoms with E-state index in [0.29, 0.717) is 11.6 Å². The fraction of sp³-hybridized carbons (Fsp3) is 0.348. The zero-order chi connectivity index (χ0) is 28.2. The molecule has 2 atom stereocenters. The average Bonchev–Trinajstić information content (AvgIpc) is 3.35. The van der Waals surface area contributed by atoms with Gasteiger partial charge >= 0.3 is 0 Å². The number of rotatable bonds is 11. The zero-order valence-electron chi connectivity index (χ0n) is 22.1. The van der Waals surface area contributed by atoms with Crippen LogP contribution in [-0.4, -0.2) is 81.8 Å². The molecular weight excluding hydrogens is 530 g/mol. The summed E-state index contributed by atoms with van der Waals surface area (Å²) in [5, 5.41) is 7.18. The molecule has 0 aliphatic heterocycles. The normalized spacial score (nSPS) is 13.0. The van der Waals surface area contributed by atoms with Crippen molar-refractivity contribution in [3.63, 3.8) is 0 Å². The molecule has 16 heteroatoms. The Morgan fingerprint density at radius 3 is 2.18 bits per heavy atom. The van der Waals surface area contributed by atoms with Gasteiger partial charge < -0.3 is 18.9 Å². The minimum absolute atomic E-state index is 0.0714. The van der Waals surface area contributed by atoms with Crippen LogP contribution in [0.2, 0.25) is 0 Å². The van der Waals surface area contributed by atoms with Crippen LogP contribution in [-0.2, 0) is 14.8 Å². The Morgan fingerprint density at radius 1 is 0.923 bits per heavy atom. The minimum Gasteiger partial charge on any atom is -0.481 e. The fourth-order valence-corrected chi connectivity index (χ4v) is 4.79. The van der Waals surface area contributed by atoms with E-state index in [1.54, 1.807) is 30.6 Å². The molecule has 0 aliphatic rings. The Balaban J connectivity index is 1.85. The smallest absolute Gasteiger partial charge is 0.245 e. The lowest BCUT2D eigenvalue weighted by molar-refractivity contribution is 0.0949. The molecule has 2 unspecified atom stereocenters. The summed E-state index contributed by atoms with van der Waals surface area (Å²) in [5.74, 6) is 0.596. The van der Waals surface area contributed by atoms with Crippen molar-refractivity contribution in [1.29, 1.82) is 0 Å². The Labute approximate surface area is 224 Å². The van der Waals surface area contributed by atoms with Gasteiger partial charge in [0.15, 0.2) is 17.3 Å². The van der Waals surface area contributed by atoms with Crippen molar-refractivity contribution in [2.45, 2.75) is 25.2 Å². The van der Waals surface area contributed by atoms with Gasteiger partial charge in [0.25, 0.3) is 0 Å². The van der Waals surface area contributed by atoms with Crippen molar-refractivity contribution in [2.75, 3.05) is 33.2 Å². The molecule has 4 aromatic heterocycles. The van der Waals surface area contributed by atoms with Gasteiger partial charge in [-0.2, -0.15) is 9.97 Å². The highest BCUT2D eigenvalue weighted by Crippen LogP contribution is 2.35. The van der Waals surface area contributed by atoms with Crippen LogP contribution in [0.1, 0.15) is 24.4 Å². The molecule has 0 radical (unpaired) electrons. The fourth-order valence-electron chi connectivity index (χ4n) is 3.66. The van der Waals surface area contributed by atoms with Gasteiger partial charge in [-0.05, 0) is 25.5 Å². The van der Waals surface area contributed by atoms with E-state index in [9.17, 15) is 8.42 Å². The number of hydrogen-bond donors (Lipinski definition) is 1. The molecule has 0 aromatic carbocycles. The number of sulfonamides is 1. The second-order valence-corrected chi connectivity index (χ2v) is 10.2. The van der Waals surface area contributed by atoms with E-state index in [0.717, 1.165) is 5.56 Å². The van der Waals surface area contributed by atoms with Crippen LogP contribution < -0.4 is 18.9 Å². The lowest BCUT2D eigenvalue weighted by Crippen LogP contribution is -2.33. The number of anilines is 1. The summed E-state index contributed by atoms with van der Waals surface area (Å²) < 4.78 is 52.7. The summed E-state index contributed by atoms with van der Waals surface area (Å²) >= 11 is 0. The summed E-state index contributed by atoms with van der Waals surface area (Å²) in [6.45, 7) is 3.29. The van der Waals surface area contributed by atoms with Gasteiger partial charge in [-0.1, -0.05) is 6.07 Å². The molecule has 0 saturated carbocycles. The van der Waals surface area contributed by atoms with E-state index >= 15 is 0 Å². The maximum Gasteiger partial charge on any atom is 0.245 e. The molecule has 4 rings (SSSR count). The topological polar surface area (TPSA) is 178 Å². The molecule has 4 heterocycles. The van der Waals surface area contributed by atoms with Gasteiger partial charge in [-0.15, -0.1) is 10.2 Å². The summed E-state index contributed by atoms with van der Waals surface area (Å²) in [6, 6.07) is 5.01. The predicted octanol–water partition coefficient (Wildman–Crippen LogP) is 1.76. The SMILES string of the molecule is COc1cccc(-c2nnc(NS(=O)(=O)C(C)C(OC)c3ncc(C)cn3)n2-c2c(OC)ncnc2OC)n1. The van der Waals surface area contributed by atoms with Crippen molar-refractivity contribution in [3.05, 3.63) is 48.3 Å². The highest BCUT2D eigenvalue weighted by molar-refractivity contribution is 7.93. The third-order valence-corrected chi connectivity index (χ3v) is 7.34. The van der Waals surface area contributed by atoms with Crippen molar-refractivity contribution in [2.24, 2.45) is 0 Å². The van der Waals surface area contributed by atoms with E-state index in [2.05, 4.69) is 39.8 Å². The van der Waals surface area contributed by atoms with Crippen molar-refractivity contribution in [1.82, 2.24) is 39.7 Å². The number of pyridine rings is 1. The number of ether oxygens (including phenoxy) is 4. The third kappa shape index (κ3) is 5.56. The van der Waals surface area contributed by atoms with Crippen molar-refractivity contribution >= 4 is 16.0 Å². The number of aryl methyl sites for hydroxylation is 1. The molecule has 0 fully saturated rings. The predicted molar refractivity (Wildman–Crippen MR) is 138 cm³/mol. The van der Waals surface area contributed by atoms with Gasteiger partial charge in [0.2, 0.25) is 33.6 Å². The zero-order valence-corrected chi connectivity index (χ0v) is 22.9. The molecule has 0 bridgehead atoms. The summed E-state index contributed by atoms with van der Waals surface area (Å²) in [6.07, 6.45) is 3.42. The van der Waals surface area contributed by atoms with Crippen molar-refractivity contribution < 1.29 is 27.4 Å². The van der Waals surface area contributed by atoms with E-state index in [4.69, 9.17) is 18.9 Å². The lowest BCUT2D eigenvalue weighted by atomic mass is 10.2. The number of aromatic nitrogens is 8. The quantitative estimate of drug-likeness (QED) is 0.282. The van der Waals surface area contributed by atoms with E-state index in [1.165, 1.54) is 46.3 Å². The first-order chi connectivity index (χ1) is 18.7. The van der Waals surface area contributed by atoms with E-state index in [1.807, 2.05) is 6.92 Å². The van der Waals surface area contributed by atoms with Crippen LogP contribution in [0.4, 0.5) is 5.95 Å². The average molecular weight is 558 g/mol. The number of nitrogens with zero attached hydrogens (tertiary/aromatic N) is 8. The van der Waals surface area contributed by atoms with Gasteiger partial charge in [0.1, 0.15) is 23.4 Å². The summed E-state index contributed by atoms with van der Waals surface area (Å²) in [4.78, 5) is 21.2.